The Bertz CT molecular complexity index is 436. The molecule has 0 spiro atoms. The maximum absolute atomic E-state index is 9.40. The third-order valence-electron chi connectivity index (χ3n) is 3.28. The molecule has 5 heteroatoms. The van der Waals surface area contributed by atoms with Gasteiger partial charge in [0.25, 0.3) is 0 Å². The molecule has 104 valence electrons. The van der Waals surface area contributed by atoms with Crippen molar-refractivity contribution in [2.75, 3.05) is 6.61 Å². The van der Waals surface area contributed by atoms with E-state index in [1.165, 1.54) is 0 Å². The lowest BCUT2D eigenvalue weighted by molar-refractivity contribution is -0.181. The van der Waals surface area contributed by atoms with Crippen molar-refractivity contribution in [1.29, 1.82) is 0 Å². The summed E-state index contributed by atoms with van der Waals surface area (Å²) < 4.78 is 17.6. The fraction of sp³-hybridized carbons (Fsp3) is 0.571. The number of thioether (sulfide) groups is 1. The molecule has 4 atom stereocenters. The van der Waals surface area contributed by atoms with E-state index in [2.05, 4.69) is 0 Å². The van der Waals surface area contributed by atoms with E-state index < -0.39 is 5.79 Å². The van der Waals surface area contributed by atoms with Gasteiger partial charge in [0.05, 0.1) is 6.61 Å². The Labute approximate surface area is 117 Å². The third kappa shape index (κ3) is 2.66. The van der Waals surface area contributed by atoms with Crippen molar-refractivity contribution in [2.45, 2.75) is 48.3 Å². The molecular weight excluding hydrogens is 264 g/mol. The summed E-state index contributed by atoms with van der Waals surface area (Å²) in [7, 11) is 0. The number of hydrogen-bond acceptors (Lipinski definition) is 5. The average molecular weight is 282 g/mol. The Balaban J connectivity index is 1.76. The highest BCUT2D eigenvalue weighted by molar-refractivity contribution is 7.99. The Hall–Kier alpha value is -0.590. The smallest absolute Gasteiger partial charge is 0.164 e. The number of benzene rings is 1. The number of aliphatic hydroxyl groups is 1. The molecule has 2 heterocycles. The normalized spacial score (nSPS) is 36.4. The quantitative estimate of drug-likeness (QED) is 0.919. The van der Waals surface area contributed by atoms with E-state index in [1.54, 1.807) is 11.8 Å². The van der Waals surface area contributed by atoms with E-state index in [-0.39, 0.29) is 30.4 Å². The van der Waals surface area contributed by atoms with Gasteiger partial charge < -0.3 is 19.3 Å². The summed E-state index contributed by atoms with van der Waals surface area (Å²) in [4.78, 5) is 1.12. The topological polar surface area (TPSA) is 47.9 Å². The van der Waals surface area contributed by atoms with Crippen LogP contribution in [0.2, 0.25) is 0 Å². The van der Waals surface area contributed by atoms with Crippen LogP contribution in [0.5, 0.6) is 0 Å². The zero-order valence-electron chi connectivity index (χ0n) is 11.0. The largest absolute Gasteiger partial charge is 0.394 e. The van der Waals surface area contributed by atoms with Crippen LogP contribution < -0.4 is 0 Å². The first kappa shape index (κ1) is 13.4. The SMILES string of the molecule is CC1(C)OC2C(CO)OC(Sc3ccccc3)C2O1. The average Bonchev–Trinajstić information content (AvgIpc) is 2.85. The van der Waals surface area contributed by atoms with Crippen LogP contribution in [0, 0.1) is 0 Å². The van der Waals surface area contributed by atoms with E-state index in [0.717, 1.165) is 4.90 Å². The third-order valence-corrected chi connectivity index (χ3v) is 4.44. The van der Waals surface area contributed by atoms with E-state index in [0.29, 0.717) is 0 Å². The molecule has 19 heavy (non-hydrogen) atoms. The molecule has 4 nitrogen and oxygen atoms in total. The van der Waals surface area contributed by atoms with Crippen molar-refractivity contribution in [3.05, 3.63) is 30.3 Å². The molecular formula is C14H18O4S. The van der Waals surface area contributed by atoms with Gasteiger partial charge in [0.2, 0.25) is 0 Å². The summed E-state index contributed by atoms with van der Waals surface area (Å²) in [5, 5.41) is 9.40. The highest BCUT2D eigenvalue weighted by Crippen LogP contribution is 2.43. The van der Waals surface area contributed by atoms with Crippen molar-refractivity contribution in [2.24, 2.45) is 0 Å². The summed E-state index contributed by atoms with van der Waals surface area (Å²) in [6.45, 7) is 3.74. The summed E-state index contributed by atoms with van der Waals surface area (Å²) in [5.74, 6) is -0.609. The molecule has 4 unspecified atom stereocenters. The van der Waals surface area contributed by atoms with E-state index in [1.807, 2.05) is 44.2 Å². The van der Waals surface area contributed by atoms with Crippen molar-refractivity contribution >= 4 is 11.8 Å². The van der Waals surface area contributed by atoms with Gasteiger partial charge in [-0.15, -0.1) is 0 Å². The second-order valence-electron chi connectivity index (χ2n) is 5.22. The summed E-state index contributed by atoms with van der Waals surface area (Å²) in [5.41, 5.74) is -0.147. The highest BCUT2D eigenvalue weighted by atomic mass is 32.2. The summed E-state index contributed by atoms with van der Waals surface area (Å²) >= 11 is 1.61. The van der Waals surface area contributed by atoms with Crippen molar-refractivity contribution in [1.82, 2.24) is 0 Å². The second-order valence-corrected chi connectivity index (χ2v) is 6.39. The molecule has 1 aromatic carbocycles. The maximum Gasteiger partial charge on any atom is 0.164 e. The first-order chi connectivity index (χ1) is 9.09. The molecule has 2 aliphatic rings. The summed E-state index contributed by atoms with van der Waals surface area (Å²) in [6, 6.07) is 10.0. The molecule has 2 aliphatic heterocycles. The lowest BCUT2D eigenvalue weighted by Gasteiger charge is -2.23. The van der Waals surface area contributed by atoms with Gasteiger partial charge in [-0.25, -0.2) is 0 Å². The predicted molar refractivity (Wildman–Crippen MR) is 71.9 cm³/mol. The predicted octanol–water partition coefficient (Wildman–Crippen LogP) is 2.02. The Morgan fingerprint density at radius 1 is 1.16 bits per heavy atom. The molecule has 2 saturated heterocycles. The molecule has 0 saturated carbocycles. The molecule has 0 amide bonds. The van der Waals surface area contributed by atoms with Gasteiger partial charge in [-0.2, -0.15) is 0 Å². The highest BCUT2D eigenvalue weighted by Gasteiger charge is 2.55. The first-order valence-corrected chi connectivity index (χ1v) is 7.31. The van der Waals surface area contributed by atoms with E-state index in [4.69, 9.17) is 14.2 Å². The Morgan fingerprint density at radius 2 is 1.84 bits per heavy atom. The molecule has 1 N–H and O–H groups in total. The molecule has 0 aliphatic carbocycles. The van der Waals surface area contributed by atoms with Crippen LogP contribution in [-0.4, -0.2) is 41.2 Å². The van der Waals surface area contributed by atoms with Gasteiger partial charge in [0.15, 0.2) is 5.79 Å². The van der Waals surface area contributed by atoms with Gasteiger partial charge in [0.1, 0.15) is 23.7 Å². The molecule has 0 radical (unpaired) electrons. The van der Waals surface area contributed by atoms with Gasteiger partial charge >= 0.3 is 0 Å². The minimum Gasteiger partial charge on any atom is -0.394 e. The fourth-order valence-electron chi connectivity index (χ4n) is 2.52. The van der Waals surface area contributed by atoms with Crippen molar-refractivity contribution in [3.63, 3.8) is 0 Å². The van der Waals surface area contributed by atoms with Crippen LogP contribution in [-0.2, 0) is 14.2 Å². The number of aliphatic hydroxyl groups excluding tert-OH is 1. The zero-order chi connectivity index (χ0) is 13.5. The fourth-order valence-corrected chi connectivity index (χ4v) is 3.64. The van der Waals surface area contributed by atoms with Crippen LogP contribution in [0.15, 0.2) is 35.2 Å². The van der Waals surface area contributed by atoms with Crippen LogP contribution in [0.4, 0.5) is 0 Å². The number of rotatable bonds is 3. The minimum absolute atomic E-state index is 0.0492. The lowest BCUT2D eigenvalue weighted by atomic mass is 10.2. The van der Waals surface area contributed by atoms with Crippen LogP contribution in [0.1, 0.15) is 13.8 Å². The minimum atomic E-state index is -0.609. The van der Waals surface area contributed by atoms with Crippen molar-refractivity contribution in [3.8, 4) is 0 Å². The maximum atomic E-state index is 9.40. The molecule has 1 aromatic rings. The Morgan fingerprint density at radius 3 is 2.53 bits per heavy atom. The van der Waals surface area contributed by atoms with Crippen LogP contribution >= 0.6 is 11.8 Å². The number of fused-ring (bicyclic) bond motifs is 1. The molecule has 2 fully saturated rings. The summed E-state index contributed by atoms with van der Waals surface area (Å²) in [6.07, 6.45) is -0.647. The van der Waals surface area contributed by atoms with Gasteiger partial charge in [-0.3, -0.25) is 0 Å². The zero-order valence-corrected chi connectivity index (χ0v) is 11.8. The van der Waals surface area contributed by atoms with E-state index >= 15 is 0 Å². The van der Waals surface area contributed by atoms with Gasteiger partial charge in [-0.1, -0.05) is 30.0 Å². The Kier molecular flexibility index (Phi) is 3.57. The molecule has 3 rings (SSSR count). The van der Waals surface area contributed by atoms with E-state index in [9.17, 15) is 5.11 Å². The first-order valence-electron chi connectivity index (χ1n) is 6.43. The number of hydrogen-bond donors (Lipinski definition) is 1. The van der Waals surface area contributed by atoms with Gasteiger partial charge in [-0.05, 0) is 26.0 Å². The lowest BCUT2D eigenvalue weighted by Crippen LogP contribution is -2.31. The standard InChI is InChI=1S/C14H18O4S/c1-14(2)17-11-10(8-15)16-13(12(11)18-14)19-9-6-4-3-5-7-9/h3-7,10-13,15H,8H2,1-2H3. The van der Waals surface area contributed by atoms with Crippen molar-refractivity contribution < 1.29 is 19.3 Å². The van der Waals surface area contributed by atoms with Gasteiger partial charge in [0, 0.05) is 4.90 Å². The molecule has 0 aromatic heterocycles. The molecule has 0 bridgehead atoms. The monoisotopic (exact) mass is 282 g/mol. The van der Waals surface area contributed by atoms with Crippen LogP contribution in [0.25, 0.3) is 0 Å². The van der Waals surface area contributed by atoms with Crippen LogP contribution in [0.3, 0.4) is 0 Å². The second kappa shape index (κ2) is 5.07. The number of ether oxygens (including phenoxy) is 3.